The maximum atomic E-state index is 11.4. The average Bonchev–Trinajstić information content (AvgIpc) is 2.73. The van der Waals surface area contributed by atoms with Crippen LogP contribution < -0.4 is 10.6 Å². The number of nitrogens with zero attached hydrogens (tertiary/aromatic N) is 3. The highest BCUT2D eigenvalue weighted by atomic mass is 35.5. The summed E-state index contributed by atoms with van der Waals surface area (Å²) in [5.74, 6) is 1.20. The molecule has 0 radical (unpaired) electrons. The highest BCUT2D eigenvalue weighted by Gasteiger charge is 2.08. The van der Waals surface area contributed by atoms with Gasteiger partial charge in [0.2, 0.25) is 5.95 Å². The lowest BCUT2D eigenvalue weighted by atomic mass is 10.1. The van der Waals surface area contributed by atoms with Crippen LogP contribution in [0.25, 0.3) is 10.9 Å². The van der Waals surface area contributed by atoms with Crippen molar-refractivity contribution in [3.63, 3.8) is 0 Å². The van der Waals surface area contributed by atoms with Gasteiger partial charge in [-0.2, -0.15) is 0 Å². The molecule has 0 fully saturated rings. The summed E-state index contributed by atoms with van der Waals surface area (Å²) in [5, 5.41) is 7.96. The van der Waals surface area contributed by atoms with Gasteiger partial charge in [0, 0.05) is 35.2 Å². The molecule has 4 aromatic rings. The smallest absolute Gasteiger partial charge is 0.223 e. The van der Waals surface area contributed by atoms with Crippen LogP contribution in [0.2, 0.25) is 5.02 Å². The molecule has 7 heteroatoms. The first-order chi connectivity index (χ1) is 14.1. The minimum absolute atomic E-state index is 0.0325. The van der Waals surface area contributed by atoms with Crippen molar-refractivity contribution < 1.29 is 4.79 Å². The van der Waals surface area contributed by atoms with Crippen LogP contribution in [0.1, 0.15) is 22.8 Å². The van der Waals surface area contributed by atoms with E-state index in [0.717, 1.165) is 22.2 Å². The van der Waals surface area contributed by atoms with Crippen LogP contribution in [0, 0.1) is 0 Å². The number of halogens is 1. The molecular weight excluding hydrogens is 386 g/mol. The number of carbonyl (C=O) groups is 1. The van der Waals surface area contributed by atoms with E-state index >= 15 is 0 Å². The van der Waals surface area contributed by atoms with Gasteiger partial charge in [-0.1, -0.05) is 29.8 Å². The molecule has 0 aliphatic rings. The fraction of sp³-hybridized carbons (Fsp3) is 0.0909. The van der Waals surface area contributed by atoms with E-state index in [4.69, 9.17) is 11.6 Å². The van der Waals surface area contributed by atoms with Crippen molar-refractivity contribution in [3.8, 4) is 0 Å². The summed E-state index contributed by atoms with van der Waals surface area (Å²) in [7, 11) is 0. The van der Waals surface area contributed by atoms with Gasteiger partial charge in [-0.15, -0.1) is 0 Å². The maximum absolute atomic E-state index is 11.4. The quantitative estimate of drug-likeness (QED) is 0.429. The molecule has 2 heterocycles. The van der Waals surface area contributed by atoms with E-state index in [2.05, 4.69) is 25.6 Å². The number of benzene rings is 2. The summed E-state index contributed by atoms with van der Waals surface area (Å²) in [6, 6.07) is 16.7. The predicted octanol–water partition coefficient (Wildman–Crippen LogP) is 5.24. The molecule has 4 rings (SSSR count). The molecule has 29 heavy (non-hydrogen) atoms. The molecule has 0 saturated heterocycles. The Labute approximate surface area is 173 Å². The largest absolute Gasteiger partial charge is 0.350 e. The van der Waals surface area contributed by atoms with Crippen LogP contribution in [0.4, 0.5) is 17.5 Å². The molecule has 0 bridgehead atoms. The third-order valence-electron chi connectivity index (χ3n) is 4.46. The van der Waals surface area contributed by atoms with Crippen LogP contribution in [0.15, 0.2) is 67.0 Å². The number of hydrogen-bond acceptors (Lipinski definition) is 6. The fourth-order valence-corrected chi connectivity index (χ4v) is 3.08. The first-order valence-electron chi connectivity index (χ1n) is 9.07. The Morgan fingerprint density at radius 1 is 1.03 bits per heavy atom. The Morgan fingerprint density at radius 2 is 1.83 bits per heavy atom. The Kier molecular flexibility index (Phi) is 5.35. The van der Waals surface area contributed by atoms with E-state index in [0.29, 0.717) is 28.9 Å². The van der Waals surface area contributed by atoms with Crippen LogP contribution >= 0.6 is 11.6 Å². The number of ketones is 1. The molecule has 0 unspecified atom stereocenters. The van der Waals surface area contributed by atoms with Crippen LogP contribution in [0.5, 0.6) is 0 Å². The van der Waals surface area contributed by atoms with E-state index < -0.39 is 0 Å². The van der Waals surface area contributed by atoms with Crippen LogP contribution in [0.3, 0.4) is 0 Å². The average molecular weight is 404 g/mol. The number of hydrogen-bond donors (Lipinski definition) is 2. The van der Waals surface area contributed by atoms with Crippen LogP contribution in [-0.4, -0.2) is 20.7 Å². The Balaban J connectivity index is 1.54. The lowest BCUT2D eigenvalue weighted by Crippen LogP contribution is -2.04. The number of anilines is 3. The van der Waals surface area contributed by atoms with Crippen LogP contribution in [-0.2, 0) is 6.54 Å². The molecule has 0 spiro atoms. The van der Waals surface area contributed by atoms with E-state index in [-0.39, 0.29) is 5.78 Å². The number of Topliss-reactive ketones (excluding diaryl/α,β-unsaturated/α-hetero) is 1. The van der Waals surface area contributed by atoms with Gasteiger partial charge in [0.1, 0.15) is 5.82 Å². The lowest BCUT2D eigenvalue weighted by molar-refractivity contribution is 0.101. The molecule has 6 nitrogen and oxygen atoms in total. The summed E-state index contributed by atoms with van der Waals surface area (Å²) in [6.07, 6.45) is 3.43. The predicted molar refractivity (Wildman–Crippen MR) is 116 cm³/mol. The molecule has 2 aromatic carbocycles. The first-order valence-corrected chi connectivity index (χ1v) is 9.45. The van der Waals surface area contributed by atoms with Crippen molar-refractivity contribution in [2.24, 2.45) is 0 Å². The van der Waals surface area contributed by atoms with Crippen molar-refractivity contribution in [1.29, 1.82) is 0 Å². The van der Waals surface area contributed by atoms with Gasteiger partial charge in [-0.25, -0.2) is 15.0 Å². The second kappa shape index (κ2) is 8.24. The molecule has 0 amide bonds. The summed E-state index contributed by atoms with van der Waals surface area (Å²) in [4.78, 5) is 24.8. The SMILES string of the molecule is CC(=O)c1ccc(Nc2nccc3nc(NCc4ccccc4Cl)ncc23)cc1. The lowest BCUT2D eigenvalue weighted by Gasteiger charge is -2.10. The standard InChI is InChI=1S/C22H18ClN5O/c1-14(29)15-6-8-17(9-7-15)27-21-18-13-26-22(28-20(18)10-11-24-21)25-12-16-4-2-3-5-19(16)23/h2-11,13H,12H2,1H3,(H,24,27)(H,25,26,28). The number of pyridine rings is 1. The van der Waals surface area contributed by atoms with E-state index in [1.807, 2.05) is 42.5 Å². The van der Waals surface area contributed by atoms with Gasteiger partial charge in [0.15, 0.2) is 5.78 Å². The Hall–Kier alpha value is -3.51. The molecule has 2 N–H and O–H groups in total. The fourth-order valence-electron chi connectivity index (χ4n) is 2.88. The molecule has 0 atom stereocenters. The molecular formula is C22H18ClN5O. The topological polar surface area (TPSA) is 79.8 Å². The number of carbonyl (C=O) groups excluding carboxylic acids is 1. The normalized spacial score (nSPS) is 10.7. The molecule has 2 aromatic heterocycles. The van der Waals surface area contributed by atoms with Crippen molar-refractivity contribution in [2.45, 2.75) is 13.5 Å². The molecule has 0 aliphatic heterocycles. The van der Waals surface area contributed by atoms with E-state index in [9.17, 15) is 4.79 Å². The van der Waals surface area contributed by atoms with Gasteiger partial charge in [-0.3, -0.25) is 4.79 Å². The van der Waals surface area contributed by atoms with E-state index in [1.54, 1.807) is 31.5 Å². The Bertz CT molecular complexity index is 1180. The zero-order chi connectivity index (χ0) is 20.2. The van der Waals surface area contributed by atoms with Gasteiger partial charge in [0.25, 0.3) is 0 Å². The van der Waals surface area contributed by atoms with Gasteiger partial charge in [0.05, 0.1) is 10.9 Å². The zero-order valence-corrected chi connectivity index (χ0v) is 16.4. The molecule has 144 valence electrons. The monoisotopic (exact) mass is 403 g/mol. The highest BCUT2D eigenvalue weighted by Crippen LogP contribution is 2.24. The van der Waals surface area contributed by atoms with Gasteiger partial charge >= 0.3 is 0 Å². The van der Waals surface area contributed by atoms with E-state index in [1.165, 1.54) is 0 Å². The van der Waals surface area contributed by atoms with Crippen molar-refractivity contribution in [2.75, 3.05) is 10.6 Å². The van der Waals surface area contributed by atoms with Gasteiger partial charge < -0.3 is 10.6 Å². The summed E-state index contributed by atoms with van der Waals surface area (Å²) in [5.41, 5.74) is 3.23. The molecule has 0 saturated carbocycles. The minimum atomic E-state index is 0.0325. The molecule has 0 aliphatic carbocycles. The first kappa shape index (κ1) is 18.8. The zero-order valence-electron chi connectivity index (χ0n) is 15.7. The second-order valence-corrected chi connectivity index (χ2v) is 6.90. The summed E-state index contributed by atoms with van der Waals surface area (Å²) in [6.45, 7) is 2.08. The second-order valence-electron chi connectivity index (χ2n) is 6.49. The third-order valence-corrected chi connectivity index (χ3v) is 4.83. The van der Waals surface area contributed by atoms with Crippen molar-refractivity contribution in [3.05, 3.63) is 83.1 Å². The maximum Gasteiger partial charge on any atom is 0.223 e. The highest BCUT2D eigenvalue weighted by molar-refractivity contribution is 6.31. The van der Waals surface area contributed by atoms with Crippen molar-refractivity contribution in [1.82, 2.24) is 15.0 Å². The summed E-state index contributed by atoms with van der Waals surface area (Å²) >= 11 is 6.19. The number of fused-ring (bicyclic) bond motifs is 1. The third kappa shape index (κ3) is 4.33. The van der Waals surface area contributed by atoms with Gasteiger partial charge in [-0.05, 0) is 48.9 Å². The van der Waals surface area contributed by atoms with Crippen molar-refractivity contribution >= 4 is 45.7 Å². The minimum Gasteiger partial charge on any atom is -0.350 e. The Morgan fingerprint density at radius 3 is 2.59 bits per heavy atom. The number of nitrogens with one attached hydrogen (secondary N) is 2. The summed E-state index contributed by atoms with van der Waals surface area (Å²) < 4.78 is 0. The number of rotatable bonds is 6. The number of aromatic nitrogens is 3.